The van der Waals surface area contributed by atoms with Crippen molar-refractivity contribution in [2.24, 2.45) is 0 Å². The molecule has 4 aromatic carbocycles. The summed E-state index contributed by atoms with van der Waals surface area (Å²) in [6.07, 6.45) is 9.66. The molecule has 2 aliphatic heterocycles. The normalized spacial score (nSPS) is 23.4. The highest BCUT2D eigenvalue weighted by Gasteiger charge is 2.53. The van der Waals surface area contributed by atoms with Crippen molar-refractivity contribution >= 4 is 67.9 Å². The summed E-state index contributed by atoms with van der Waals surface area (Å²) in [6.45, 7) is 45.1. The van der Waals surface area contributed by atoms with Gasteiger partial charge in [0.15, 0.2) is 0 Å². The van der Waals surface area contributed by atoms with Gasteiger partial charge in [0, 0.05) is 33.3 Å². The van der Waals surface area contributed by atoms with E-state index >= 15 is 0 Å². The van der Waals surface area contributed by atoms with Gasteiger partial charge in [0.05, 0.1) is 5.00 Å². The predicted octanol–water partition coefficient (Wildman–Crippen LogP) is 15.8. The van der Waals surface area contributed by atoms with Gasteiger partial charge in [-0.15, -0.1) is 11.3 Å². The van der Waals surface area contributed by atoms with Crippen LogP contribution in [0.3, 0.4) is 0 Å². The third-order valence-corrected chi connectivity index (χ3v) is 20.7. The molecule has 4 aliphatic carbocycles. The van der Waals surface area contributed by atoms with Gasteiger partial charge in [0.1, 0.15) is 0 Å². The van der Waals surface area contributed by atoms with Crippen LogP contribution < -0.4 is 26.2 Å². The lowest BCUT2D eigenvalue weighted by Gasteiger charge is -2.49. The molecule has 11 rings (SSSR count). The maximum absolute atomic E-state index is 2.79. The highest BCUT2D eigenvalue weighted by atomic mass is 32.1. The van der Waals surface area contributed by atoms with E-state index in [9.17, 15) is 0 Å². The first-order valence-corrected chi connectivity index (χ1v) is 26.7. The maximum atomic E-state index is 2.79. The van der Waals surface area contributed by atoms with Crippen molar-refractivity contribution in [3.8, 4) is 0 Å². The second-order valence-corrected chi connectivity index (χ2v) is 28.8. The lowest BCUT2D eigenvalue weighted by molar-refractivity contribution is 0.331. The van der Waals surface area contributed by atoms with Crippen LogP contribution in [0.5, 0.6) is 0 Å². The van der Waals surface area contributed by atoms with Crippen LogP contribution in [0.2, 0.25) is 0 Å². The lowest BCUT2D eigenvalue weighted by Crippen LogP contribution is -2.63. The molecule has 0 unspecified atom stereocenters. The molecular formula is C62H79BN2S. The standard InChI is InChI=1S/C62H79BN2S/c1-36-29-48-51-49(30-36)65(46-34-43-40(31-37(46)2)56(5,6)23-25-59(43,11)12)47-35-44-42(58(9,10)24-26-60(44,13)14)33-45(47)63(51)52-50-53(62(17,18)28-27-61(50,15)16)66-54(52)64(48)38-19-20-39-41(32-38)57(7,8)22-21-55(39,3)4/h19-20,29-35H,21-28H2,1-18H3. The molecule has 4 heteroatoms. The van der Waals surface area contributed by atoms with E-state index in [0.717, 1.165) is 0 Å². The molecule has 0 bridgehead atoms. The molecule has 0 radical (unpaired) electrons. The first-order valence-electron chi connectivity index (χ1n) is 25.9. The molecule has 3 heterocycles. The van der Waals surface area contributed by atoms with E-state index in [0.29, 0.717) is 0 Å². The number of rotatable bonds is 2. The van der Waals surface area contributed by atoms with Gasteiger partial charge in [0.25, 0.3) is 6.71 Å². The van der Waals surface area contributed by atoms with E-state index in [1.807, 2.05) is 0 Å². The number of hydrogen-bond acceptors (Lipinski definition) is 3. The number of benzene rings is 4. The Labute approximate surface area is 404 Å². The minimum Gasteiger partial charge on any atom is -0.311 e. The summed E-state index contributed by atoms with van der Waals surface area (Å²) in [5, 5.41) is 1.45. The Morgan fingerprint density at radius 1 is 0.409 bits per heavy atom. The van der Waals surface area contributed by atoms with Gasteiger partial charge >= 0.3 is 0 Å². The average molecular weight is 895 g/mol. The molecule has 0 saturated heterocycles. The van der Waals surface area contributed by atoms with Crippen LogP contribution in [0.4, 0.5) is 33.4 Å². The number of aryl methyl sites for hydroxylation is 2. The van der Waals surface area contributed by atoms with Crippen LogP contribution in [0.25, 0.3) is 0 Å². The molecule has 5 aromatic rings. The molecule has 0 saturated carbocycles. The van der Waals surface area contributed by atoms with E-state index in [1.54, 1.807) is 32.6 Å². The summed E-state index contributed by atoms with van der Waals surface area (Å²) in [6, 6.07) is 23.6. The fourth-order valence-corrected chi connectivity index (χ4v) is 15.9. The number of nitrogens with zero attached hydrogens (tertiary/aromatic N) is 2. The SMILES string of the molecule is Cc1cc2c3c(c1)N(c1ccc4c(c1)C(C)(C)CCC4(C)C)c1sc4c(c1B3c1cc3c(cc1N2c1cc2c(cc1C)C(C)(C)CCC2(C)C)C(C)(C)CCC3(C)C)C(C)(C)CCC4(C)C. The lowest BCUT2D eigenvalue weighted by atomic mass is 9.32. The fraction of sp³-hybridized carbons (Fsp3) is 0.548. The van der Waals surface area contributed by atoms with Crippen LogP contribution >= 0.6 is 11.3 Å². The zero-order chi connectivity index (χ0) is 47.4. The van der Waals surface area contributed by atoms with Crippen LogP contribution in [0.15, 0.2) is 54.6 Å². The van der Waals surface area contributed by atoms with Crippen molar-refractivity contribution in [2.75, 3.05) is 9.80 Å². The Morgan fingerprint density at radius 2 is 0.848 bits per heavy atom. The Hall–Kier alpha value is -3.76. The highest BCUT2D eigenvalue weighted by molar-refractivity contribution is 7.20. The Bertz CT molecular complexity index is 2920. The quantitative estimate of drug-likeness (QED) is 0.160. The largest absolute Gasteiger partial charge is 0.311 e. The Kier molecular flexibility index (Phi) is 9.16. The van der Waals surface area contributed by atoms with Gasteiger partial charge < -0.3 is 9.80 Å². The topological polar surface area (TPSA) is 6.48 Å². The monoisotopic (exact) mass is 895 g/mol. The zero-order valence-corrected chi connectivity index (χ0v) is 45.0. The van der Waals surface area contributed by atoms with Crippen molar-refractivity contribution in [3.05, 3.63) is 110 Å². The summed E-state index contributed by atoms with van der Waals surface area (Å²) in [5.41, 5.74) is 25.8. The summed E-state index contributed by atoms with van der Waals surface area (Å²) in [7, 11) is 0. The first kappa shape index (κ1) is 44.7. The van der Waals surface area contributed by atoms with Crippen molar-refractivity contribution in [2.45, 2.75) is 219 Å². The smallest absolute Gasteiger partial charge is 0.253 e. The van der Waals surface area contributed by atoms with Gasteiger partial charge in [0.2, 0.25) is 0 Å². The van der Waals surface area contributed by atoms with Gasteiger partial charge in [-0.25, -0.2) is 0 Å². The van der Waals surface area contributed by atoms with Crippen molar-refractivity contribution in [1.82, 2.24) is 0 Å². The van der Waals surface area contributed by atoms with Crippen molar-refractivity contribution in [1.29, 1.82) is 0 Å². The summed E-state index contributed by atoms with van der Waals surface area (Å²) < 4.78 is 0. The van der Waals surface area contributed by atoms with Crippen LogP contribution in [-0.2, 0) is 43.3 Å². The van der Waals surface area contributed by atoms with Crippen molar-refractivity contribution < 1.29 is 0 Å². The molecule has 0 atom stereocenters. The molecule has 1 aromatic heterocycles. The minimum absolute atomic E-state index is 0.0467. The number of thiophene rings is 1. The second kappa shape index (κ2) is 13.5. The van der Waals surface area contributed by atoms with Gasteiger partial charge in [-0.3, -0.25) is 0 Å². The molecule has 0 N–H and O–H groups in total. The van der Waals surface area contributed by atoms with Crippen LogP contribution in [-0.4, -0.2) is 6.71 Å². The first-order chi connectivity index (χ1) is 30.5. The number of hydrogen-bond donors (Lipinski definition) is 0. The Balaban J connectivity index is 1.29. The molecule has 2 nitrogen and oxygen atoms in total. The van der Waals surface area contributed by atoms with Crippen LogP contribution in [0.1, 0.15) is 217 Å². The average Bonchev–Trinajstić information content (AvgIpc) is 3.64. The zero-order valence-electron chi connectivity index (χ0n) is 44.2. The minimum atomic E-state index is 0.0467. The molecule has 346 valence electrons. The number of anilines is 6. The van der Waals surface area contributed by atoms with E-state index in [-0.39, 0.29) is 50.0 Å². The summed E-state index contributed by atoms with van der Waals surface area (Å²) in [5.74, 6) is 0. The predicted molar refractivity (Wildman–Crippen MR) is 289 cm³/mol. The maximum Gasteiger partial charge on any atom is 0.253 e. The molecular weight excluding hydrogens is 816 g/mol. The molecule has 66 heavy (non-hydrogen) atoms. The van der Waals surface area contributed by atoms with Gasteiger partial charge in [-0.2, -0.15) is 0 Å². The molecule has 0 fully saturated rings. The number of fused-ring (bicyclic) bond motifs is 9. The fourth-order valence-electron chi connectivity index (χ4n) is 14.2. The van der Waals surface area contributed by atoms with Gasteiger partial charge in [-0.05, 0) is 211 Å². The van der Waals surface area contributed by atoms with E-state index in [1.165, 1.54) is 124 Å². The second-order valence-electron chi connectivity index (χ2n) is 27.8. The third kappa shape index (κ3) is 6.16. The van der Waals surface area contributed by atoms with Crippen LogP contribution in [0, 0.1) is 13.8 Å². The third-order valence-electron chi connectivity index (χ3n) is 19.2. The summed E-state index contributed by atoms with van der Waals surface area (Å²) in [4.78, 5) is 7.18. The molecule has 6 aliphatic rings. The summed E-state index contributed by atoms with van der Waals surface area (Å²) >= 11 is 2.14. The van der Waals surface area contributed by atoms with E-state index in [2.05, 4.69) is 200 Å². The highest BCUT2D eigenvalue weighted by Crippen LogP contribution is 2.58. The van der Waals surface area contributed by atoms with E-state index < -0.39 is 0 Å². The van der Waals surface area contributed by atoms with Gasteiger partial charge in [-0.1, -0.05) is 129 Å². The molecule has 0 spiro atoms. The Morgan fingerprint density at radius 3 is 1.41 bits per heavy atom. The van der Waals surface area contributed by atoms with E-state index in [4.69, 9.17) is 0 Å². The molecule has 0 amide bonds. The van der Waals surface area contributed by atoms with Crippen molar-refractivity contribution in [3.63, 3.8) is 0 Å².